The van der Waals surface area contributed by atoms with Crippen LogP contribution in [0, 0.1) is 6.92 Å². The van der Waals surface area contributed by atoms with Crippen LogP contribution in [0.1, 0.15) is 64.2 Å². The lowest BCUT2D eigenvalue weighted by Crippen LogP contribution is -2.54. The van der Waals surface area contributed by atoms with Gasteiger partial charge in [-0.15, -0.1) is 0 Å². The van der Waals surface area contributed by atoms with Crippen LogP contribution in [0.15, 0.2) is 48.5 Å². The molecule has 0 saturated carbocycles. The SMILES string of the molecule is Cc1ccccc1CN(C(=O)CN(c1ccccc1C(C)C)S(C)(=O)=O)C(C)C(=O)NC(C)(C)C. The number of carbonyl (C=O) groups excluding carboxylic acids is 2. The molecule has 0 aromatic heterocycles. The van der Waals surface area contributed by atoms with Crippen molar-refractivity contribution < 1.29 is 18.0 Å². The van der Waals surface area contributed by atoms with E-state index < -0.39 is 34.1 Å². The summed E-state index contributed by atoms with van der Waals surface area (Å²) in [5.41, 5.74) is 2.71. The molecule has 2 aromatic carbocycles. The highest BCUT2D eigenvalue weighted by molar-refractivity contribution is 7.92. The molecule has 1 unspecified atom stereocenters. The summed E-state index contributed by atoms with van der Waals surface area (Å²) in [6, 6.07) is 14.0. The topological polar surface area (TPSA) is 86.8 Å². The molecule has 0 saturated heterocycles. The van der Waals surface area contributed by atoms with Gasteiger partial charge in [0.1, 0.15) is 12.6 Å². The third-order valence-corrected chi connectivity index (χ3v) is 6.90. The van der Waals surface area contributed by atoms with Crippen molar-refractivity contribution in [2.24, 2.45) is 0 Å². The van der Waals surface area contributed by atoms with Gasteiger partial charge in [0.25, 0.3) is 0 Å². The van der Waals surface area contributed by atoms with E-state index >= 15 is 0 Å². The quantitative estimate of drug-likeness (QED) is 0.557. The van der Waals surface area contributed by atoms with Crippen LogP contribution in [0.2, 0.25) is 0 Å². The predicted molar refractivity (Wildman–Crippen MR) is 142 cm³/mol. The average Bonchev–Trinajstić information content (AvgIpc) is 2.74. The van der Waals surface area contributed by atoms with Crippen molar-refractivity contribution in [3.05, 3.63) is 65.2 Å². The smallest absolute Gasteiger partial charge is 0.244 e. The molecule has 35 heavy (non-hydrogen) atoms. The summed E-state index contributed by atoms with van der Waals surface area (Å²) < 4.78 is 26.8. The van der Waals surface area contributed by atoms with Gasteiger partial charge in [0.2, 0.25) is 21.8 Å². The Balaban J connectivity index is 2.49. The molecule has 0 radical (unpaired) electrons. The molecule has 1 N–H and O–H groups in total. The van der Waals surface area contributed by atoms with Crippen molar-refractivity contribution >= 4 is 27.5 Å². The van der Waals surface area contributed by atoms with E-state index in [1.165, 1.54) is 4.90 Å². The normalized spacial score (nSPS) is 12.8. The molecular formula is C27H39N3O4S. The van der Waals surface area contributed by atoms with E-state index in [4.69, 9.17) is 0 Å². The van der Waals surface area contributed by atoms with E-state index in [2.05, 4.69) is 5.32 Å². The Bertz CT molecular complexity index is 1150. The molecule has 2 aromatic rings. The van der Waals surface area contributed by atoms with Crippen LogP contribution in [0.3, 0.4) is 0 Å². The average molecular weight is 502 g/mol. The van der Waals surface area contributed by atoms with E-state index in [9.17, 15) is 18.0 Å². The van der Waals surface area contributed by atoms with Gasteiger partial charge in [0.15, 0.2) is 0 Å². The maximum Gasteiger partial charge on any atom is 0.244 e. The second-order valence-corrected chi connectivity index (χ2v) is 12.3. The number of amides is 2. The first kappa shape index (κ1) is 28.4. The number of anilines is 1. The highest BCUT2D eigenvalue weighted by Crippen LogP contribution is 2.29. The zero-order chi connectivity index (χ0) is 26.6. The molecule has 0 aliphatic heterocycles. The number of benzene rings is 2. The van der Waals surface area contributed by atoms with Gasteiger partial charge < -0.3 is 10.2 Å². The summed E-state index contributed by atoms with van der Waals surface area (Å²) in [5, 5.41) is 2.93. The fourth-order valence-corrected chi connectivity index (χ4v) is 4.69. The lowest BCUT2D eigenvalue weighted by atomic mass is 10.0. The van der Waals surface area contributed by atoms with Gasteiger partial charge in [0, 0.05) is 12.1 Å². The molecule has 0 fully saturated rings. The zero-order valence-electron chi connectivity index (χ0n) is 22.1. The minimum Gasteiger partial charge on any atom is -0.350 e. The number of hydrogen-bond acceptors (Lipinski definition) is 4. The number of sulfonamides is 1. The van der Waals surface area contributed by atoms with Crippen molar-refractivity contribution in [1.82, 2.24) is 10.2 Å². The van der Waals surface area contributed by atoms with Gasteiger partial charge in [-0.2, -0.15) is 0 Å². The highest BCUT2D eigenvalue weighted by Gasteiger charge is 2.32. The monoisotopic (exact) mass is 501 g/mol. The van der Waals surface area contributed by atoms with Gasteiger partial charge in [-0.3, -0.25) is 13.9 Å². The number of nitrogens with one attached hydrogen (secondary N) is 1. The van der Waals surface area contributed by atoms with Gasteiger partial charge in [-0.05, 0) is 63.3 Å². The molecular weight excluding hydrogens is 462 g/mol. The Kier molecular flexibility index (Phi) is 9.11. The lowest BCUT2D eigenvalue weighted by Gasteiger charge is -2.34. The summed E-state index contributed by atoms with van der Waals surface area (Å²) in [5.74, 6) is -0.688. The van der Waals surface area contributed by atoms with E-state index in [0.717, 1.165) is 27.3 Å². The summed E-state index contributed by atoms with van der Waals surface area (Å²) in [7, 11) is -3.77. The van der Waals surface area contributed by atoms with Crippen molar-refractivity contribution in [2.75, 3.05) is 17.1 Å². The Labute approximate surface area is 210 Å². The molecule has 0 heterocycles. The van der Waals surface area contributed by atoms with Gasteiger partial charge in [-0.1, -0.05) is 56.3 Å². The van der Waals surface area contributed by atoms with Crippen molar-refractivity contribution in [2.45, 2.75) is 72.5 Å². The number of para-hydroxylation sites is 1. The van der Waals surface area contributed by atoms with Crippen LogP contribution in [0.5, 0.6) is 0 Å². The third-order valence-electron chi connectivity index (χ3n) is 5.77. The molecule has 0 aliphatic carbocycles. The van der Waals surface area contributed by atoms with Gasteiger partial charge in [0.05, 0.1) is 11.9 Å². The summed E-state index contributed by atoms with van der Waals surface area (Å²) >= 11 is 0. The van der Waals surface area contributed by atoms with Crippen LogP contribution < -0.4 is 9.62 Å². The largest absolute Gasteiger partial charge is 0.350 e. The number of carbonyl (C=O) groups is 2. The second kappa shape index (κ2) is 11.2. The Hall–Kier alpha value is -2.87. The van der Waals surface area contributed by atoms with Crippen LogP contribution in [-0.4, -0.2) is 49.5 Å². The first-order valence-corrected chi connectivity index (χ1v) is 13.7. The Morgan fingerprint density at radius 3 is 2.09 bits per heavy atom. The van der Waals surface area contributed by atoms with Crippen LogP contribution in [-0.2, 0) is 26.2 Å². The zero-order valence-corrected chi connectivity index (χ0v) is 22.9. The summed E-state index contributed by atoms with van der Waals surface area (Å²) in [6.45, 7) is 13.0. The number of rotatable bonds is 9. The molecule has 8 heteroatoms. The van der Waals surface area contributed by atoms with E-state index in [0.29, 0.717) is 5.69 Å². The maximum absolute atomic E-state index is 13.7. The molecule has 2 rings (SSSR count). The molecule has 0 spiro atoms. The minimum atomic E-state index is -3.77. The van der Waals surface area contributed by atoms with Gasteiger partial charge in [-0.25, -0.2) is 8.42 Å². The highest BCUT2D eigenvalue weighted by atomic mass is 32.2. The van der Waals surface area contributed by atoms with E-state index in [1.807, 2.05) is 77.9 Å². The summed E-state index contributed by atoms with van der Waals surface area (Å²) in [6.07, 6.45) is 1.10. The molecule has 2 amide bonds. The first-order chi connectivity index (χ1) is 16.1. The predicted octanol–water partition coefficient (Wildman–Crippen LogP) is 4.22. The second-order valence-electron chi connectivity index (χ2n) is 10.3. The molecule has 1 atom stereocenters. The maximum atomic E-state index is 13.7. The standard InChI is InChI=1S/C27H39N3O4S/c1-19(2)23-15-11-12-16-24(23)30(35(8,33)34)18-25(31)29(17-22-14-10-9-13-20(22)3)21(4)26(32)28-27(5,6)7/h9-16,19,21H,17-18H2,1-8H3,(H,28,32). The van der Waals surface area contributed by atoms with Crippen LogP contribution >= 0.6 is 0 Å². The van der Waals surface area contributed by atoms with Crippen LogP contribution in [0.4, 0.5) is 5.69 Å². The number of aryl methyl sites for hydroxylation is 1. The van der Waals surface area contributed by atoms with Crippen molar-refractivity contribution in [3.63, 3.8) is 0 Å². The molecule has 7 nitrogen and oxygen atoms in total. The third kappa shape index (κ3) is 7.82. The fraction of sp³-hybridized carbons (Fsp3) is 0.481. The number of nitrogens with zero attached hydrogens (tertiary/aromatic N) is 2. The van der Waals surface area contributed by atoms with Gasteiger partial charge >= 0.3 is 0 Å². The Morgan fingerprint density at radius 2 is 1.54 bits per heavy atom. The van der Waals surface area contributed by atoms with Crippen molar-refractivity contribution in [1.29, 1.82) is 0 Å². The first-order valence-electron chi connectivity index (χ1n) is 11.8. The van der Waals surface area contributed by atoms with Crippen molar-refractivity contribution in [3.8, 4) is 0 Å². The van der Waals surface area contributed by atoms with E-state index in [1.54, 1.807) is 19.1 Å². The minimum absolute atomic E-state index is 0.0603. The van der Waals surface area contributed by atoms with E-state index in [-0.39, 0.29) is 18.4 Å². The molecule has 192 valence electrons. The number of hydrogen-bond donors (Lipinski definition) is 1. The lowest BCUT2D eigenvalue weighted by molar-refractivity contribution is -0.140. The molecule has 0 aliphatic rings. The fourth-order valence-electron chi connectivity index (χ4n) is 3.83. The van der Waals surface area contributed by atoms with Crippen LogP contribution in [0.25, 0.3) is 0 Å². The molecule has 0 bridgehead atoms. The summed E-state index contributed by atoms with van der Waals surface area (Å²) in [4.78, 5) is 28.2. The Morgan fingerprint density at radius 1 is 0.971 bits per heavy atom.